The Morgan fingerprint density at radius 1 is 0.706 bits per heavy atom. The first-order valence-corrected chi connectivity index (χ1v) is 11.4. The van der Waals surface area contributed by atoms with E-state index >= 15 is 0 Å². The zero-order valence-corrected chi connectivity index (χ0v) is 18.9. The highest BCUT2D eigenvalue weighted by Gasteiger charge is 2.56. The lowest BCUT2D eigenvalue weighted by Crippen LogP contribution is -2.46. The summed E-state index contributed by atoms with van der Waals surface area (Å²) in [6.07, 6.45) is 2.05. The minimum atomic E-state index is -1.16. The number of nitrogens with zero attached hydrogens (tertiary/aromatic N) is 1. The van der Waals surface area contributed by atoms with Crippen molar-refractivity contribution >= 4 is 27.8 Å². The van der Waals surface area contributed by atoms with Gasteiger partial charge >= 0.3 is 5.91 Å². The smallest absolute Gasteiger partial charge is 0.497 e. The fourth-order valence-corrected chi connectivity index (χ4v) is 5.23. The van der Waals surface area contributed by atoms with Crippen LogP contribution in [0.1, 0.15) is 11.1 Å². The van der Waals surface area contributed by atoms with Gasteiger partial charge in [0.25, 0.3) is 0 Å². The summed E-state index contributed by atoms with van der Waals surface area (Å²) < 4.78 is 21.5. The van der Waals surface area contributed by atoms with Gasteiger partial charge in [-0.3, -0.25) is 0 Å². The predicted molar refractivity (Wildman–Crippen MR) is 134 cm³/mol. The van der Waals surface area contributed by atoms with Crippen molar-refractivity contribution < 1.29 is 18.8 Å². The topological polar surface area (TPSA) is 30.7 Å². The summed E-state index contributed by atoms with van der Waals surface area (Å²) in [5.41, 5.74) is 3.99. The minimum Gasteiger partial charge on any atom is -0.497 e. The molecule has 0 saturated carbocycles. The van der Waals surface area contributed by atoms with Gasteiger partial charge in [-0.2, -0.15) is 4.58 Å². The number of fused-ring (bicyclic) bond motifs is 9. The van der Waals surface area contributed by atoms with Crippen LogP contribution in [-0.2, 0) is 5.91 Å². The second-order valence-corrected chi connectivity index (χ2v) is 8.81. The first kappa shape index (κ1) is 19.2. The molecule has 2 aliphatic heterocycles. The Bertz CT molecular complexity index is 1580. The van der Waals surface area contributed by atoms with Crippen molar-refractivity contribution in [1.29, 1.82) is 0 Å². The van der Waals surface area contributed by atoms with Crippen molar-refractivity contribution in [3.63, 3.8) is 0 Å². The fraction of sp³-hybridized carbons (Fsp3) is 0.100. The quantitative estimate of drug-likeness (QED) is 0.283. The summed E-state index contributed by atoms with van der Waals surface area (Å²) in [5.74, 6) is 1.27. The molecule has 0 aliphatic carbocycles. The number of ether oxygens (including phenoxy) is 3. The summed E-state index contributed by atoms with van der Waals surface area (Å²) in [4.78, 5) is 0. The number of benzene rings is 5. The van der Waals surface area contributed by atoms with Crippen LogP contribution in [0.25, 0.3) is 32.7 Å². The zero-order valence-electron chi connectivity index (χ0n) is 18.9. The molecule has 0 saturated heterocycles. The Labute approximate surface area is 197 Å². The Kier molecular flexibility index (Phi) is 3.86. The van der Waals surface area contributed by atoms with Gasteiger partial charge in [-0.15, -0.1) is 0 Å². The predicted octanol–water partition coefficient (Wildman–Crippen LogP) is 6.33. The van der Waals surface area contributed by atoms with E-state index in [-0.39, 0.29) is 0 Å². The number of rotatable bonds is 1. The highest BCUT2D eigenvalue weighted by Crippen LogP contribution is 2.51. The summed E-state index contributed by atoms with van der Waals surface area (Å²) in [6.45, 7) is 0. The fourth-order valence-electron chi connectivity index (χ4n) is 5.23. The van der Waals surface area contributed by atoms with E-state index in [1.165, 1.54) is 0 Å². The standard InChI is InChI=1S/C30H22NO3/c1-31-18-21-17-22(32-2)13-16-27(21)30(31)33-28-23-9-5-3-7-19(23)11-14-25(28)26-15-12-20-8-4-6-10-24(20)29(26)34-30/h3-18H,1-2H3/q+1. The molecular formula is C30H22NO3+. The highest BCUT2D eigenvalue weighted by molar-refractivity contribution is 6.01. The summed E-state index contributed by atoms with van der Waals surface area (Å²) >= 11 is 0. The zero-order chi connectivity index (χ0) is 22.9. The van der Waals surface area contributed by atoms with Gasteiger partial charge in [0.05, 0.1) is 12.7 Å². The molecular weight excluding hydrogens is 422 g/mol. The van der Waals surface area contributed by atoms with Crippen molar-refractivity contribution in [3.05, 3.63) is 102 Å². The molecule has 0 amide bonds. The Morgan fingerprint density at radius 3 is 1.88 bits per heavy atom. The van der Waals surface area contributed by atoms with Crippen LogP contribution in [0.2, 0.25) is 0 Å². The monoisotopic (exact) mass is 444 g/mol. The molecule has 164 valence electrons. The second kappa shape index (κ2) is 6.84. The maximum Gasteiger partial charge on any atom is 0.502 e. The van der Waals surface area contributed by atoms with Crippen LogP contribution in [0.4, 0.5) is 0 Å². The lowest BCUT2D eigenvalue weighted by atomic mass is 9.96. The van der Waals surface area contributed by atoms with Crippen molar-refractivity contribution in [2.75, 3.05) is 14.2 Å². The van der Waals surface area contributed by atoms with Gasteiger partial charge in [0.15, 0.2) is 6.21 Å². The van der Waals surface area contributed by atoms with Gasteiger partial charge in [-0.05, 0) is 41.1 Å². The van der Waals surface area contributed by atoms with Gasteiger partial charge in [0, 0.05) is 21.9 Å². The van der Waals surface area contributed by atoms with E-state index in [1.54, 1.807) is 7.11 Å². The molecule has 5 aromatic carbocycles. The van der Waals surface area contributed by atoms with Crippen molar-refractivity contribution in [3.8, 4) is 28.4 Å². The van der Waals surface area contributed by atoms with E-state index in [9.17, 15) is 0 Å². The Balaban J connectivity index is 1.60. The normalized spacial score (nSPS) is 15.1. The molecule has 7 rings (SSSR count). The van der Waals surface area contributed by atoms with Crippen molar-refractivity contribution in [1.82, 2.24) is 0 Å². The van der Waals surface area contributed by atoms with Crippen LogP contribution < -0.4 is 14.2 Å². The summed E-state index contributed by atoms with van der Waals surface area (Å²) in [5, 5.41) is 4.36. The molecule has 2 heterocycles. The Hall–Kier alpha value is -4.31. The third-order valence-electron chi connectivity index (χ3n) is 6.93. The van der Waals surface area contributed by atoms with E-state index in [0.717, 1.165) is 61.0 Å². The number of methoxy groups -OCH3 is 1. The second-order valence-electron chi connectivity index (χ2n) is 8.81. The largest absolute Gasteiger partial charge is 0.502 e. The highest BCUT2D eigenvalue weighted by atomic mass is 16.7. The molecule has 4 nitrogen and oxygen atoms in total. The molecule has 0 bridgehead atoms. The van der Waals surface area contributed by atoms with Crippen LogP contribution >= 0.6 is 0 Å². The maximum absolute atomic E-state index is 6.99. The molecule has 5 aromatic rings. The Morgan fingerprint density at radius 2 is 1.29 bits per heavy atom. The van der Waals surface area contributed by atoms with E-state index in [2.05, 4.69) is 79.0 Å². The first-order valence-electron chi connectivity index (χ1n) is 11.4. The average molecular weight is 445 g/mol. The SMILES string of the molecule is COc1ccc2c(c1)C=[N+](C)C21Oc2c(ccc3ccccc23)-c2ccc3ccccc3c2O1. The van der Waals surface area contributed by atoms with Crippen LogP contribution in [0.15, 0.2) is 91.0 Å². The molecule has 2 aliphatic rings. The third-order valence-corrected chi connectivity index (χ3v) is 6.93. The van der Waals surface area contributed by atoms with Gasteiger partial charge < -0.3 is 14.2 Å². The lowest BCUT2D eigenvalue weighted by molar-refractivity contribution is -0.680. The van der Waals surface area contributed by atoms with Crippen LogP contribution in [0.5, 0.6) is 17.2 Å². The molecule has 0 unspecified atom stereocenters. The maximum atomic E-state index is 6.99. The molecule has 0 aromatic heterocycles. The molecule has 34 heavy (non-hydrogen) atoms. The van der Waals surface area contributed by atoms with E-state index in [1.807, 2.05) is 29.8 Å². The van der Waals surface area contributed by atoms with Crippen molar-refractivity contribution in [2.24, 2.45) is 0 Å². The van der Waals surface area contributed by atoms with E-state index < -0.39 is 5.91 Å². The molecule has 0 atom stereocenters. The molecule has 0 fully saturated rings. The van der Waals surface area contributed by atoms with Gasteiger partial charge in [0.1, 0.15) is 29.9 Å². The summed E-state index contributed by atoms with van der Waals surface area (Å²) in [7, 11) is 3.67. The number of hydrogen-bond acceptors (Lipinski definition) is 3. The minimum absolute atomic E-state index is 0.797. The lowest BCUT2D eigenvalue weighted by Gasteiger charge is -2.26. The third kappa shape index (κ3) is 2.51. The molecule has 0 radical (unpaired) electrons. The van der Waals surface area contributed by atoms with Crippen LogP contribution in [0, 0.1) is 0 Å². The first-order chi connectivity index (χ1) is 16.7. The van der Waals surface area contributed by atoms with Crippen LogP contribution in [-0.4, -0.2) is 24.9 Å². The van der Waals surface area contributed by atoms with E-state index in [0.29, 0.717) is 0 Å². The molecule has 4 heteroatoms. The molecule has 1 spiro atoms. The van der Waals surface area contributed by atoms with Gasteiger partial charge in [0.2, 0.25) is 0 Å². The number of hydrogen-bond donors (Lipinski definition) is 0. The van der Waals surface area contributed by atoms with Crippen LogP contribution in [0.3, 0.4) is 0 Å². The van der Waals surface area contributed by atoms with E-state index in [4.69, 9.17) is 14.2 Å². The van der Waals surface area contributed by atoms with Crippen molar-refractivity contribution in [2.45, 2.75) is 5.91 Å². The molecule has 0 N–H and O–H groups in total. The van der Waals surface area contributed by atoms with Gasteiger partial charge in [-0.25, -0.2) is 0 Å². The van der Waals surface area contributed by atoms with Gasteiger partial charge in [-0.1, -0.05) is 60.7 Å². The average Bonchev–Trinajstić information content (AvgIpc) is 3.04. The summed E-state index contributed by atoms with van der Waals surface area (Å²) in [6, 6.07) is 31.3.